The van der Waals surface area contributed by atoms with Crippen LogP contribution >= 0.6 is 0 Å². The zero-order valence-electron chi connectivity index (χ0n) is 11.6. The number of nitrogens with zero attached hydrogens (tertiary/aromatic N) is 3. The van der Waals surface area contributed by atoms with Crippen LogP contribution in [0.15, 0.2) is 66.9 Å². The maximum atomic E-state index is 4.11. The van der Waals surface area contributed by atoms with Crippen LogP contribution in [0, 0.1) is 11.8 Å². The van der Waals surface area contributed by atoms with E-state index in [1.807, 2.05) is 59.4 Å². The minimum absolute atomic E-state index is 0.701. The number of rotatable bonds is 3. The Morgan fingerprint density at radius 3 is 2.33 bits per heavy atom. The predicted octanol–water partition coefficient (Wildman–Crippen LogP) is 2.92. The summed E-state index contributed by atoms with van der Waals surface area (Å²) in [5.41, 5.74) is 2.98. The summed E-state index contributed by atoms with van der Waals surface area (Å²) < 4.78 is 1.84. The number of aromatic nitrogens is 3. The fourth-order valence-corrected chi connectivity index (χ4v) is 2.01. The largest absolute Gasteiger partial charge is 0.251 e. The molecule has 0 spiro atoms. The van der Waals surface area contributed by atoms with Gasteiger partial charge in [-0.1, -0.05) is 59.7 Å². The van der Waals surface area contributed by atoms with Crippen LogP contribution < -0.4 is 0 Å². The zero-order valence-corrected chi connectivity index (χ0v) is 11.6. The first kappa shape index (κ1) is 13.1. The standard InChI is InChI=1S/C18H15N3/c1-3-7-16(8-4-1)11-12-18-15-21(20-19-18)14-13-17-9-5-2-6-10-17/h1-10,15H,13-14H2. The van der Waals surface area contributed by atoms with Crippen molar-refractivity contribution in [1.29, 1.82) is 0 Å². The molecule has 1 aromatic heterocycles. The molecule has 0 bridgehead atoms. The van der Waals surface area contributed by atoms with Crippen molar-refractivity contribution in [3.63, 3.8) is 0 Å². The number of benzene rings is 2. The van der Waals surface area contributed by atoms with Crippen LogP contribution in [-0.4, -0.2) is 15.0 Å². The van der Waals surface area contributed by atoms with Crippen LogP contribution in [0.25, 0.3) is 0 Å². The Labute approximate surface area is 124 Å². The molecular formula is C18H15N3. The van der Waals surface area contributed by atoms with Crippen LogP contribution in [-0.2, 0) is 13.0 Å². The van der Waals surface area contributed by atoms with Crippen molar-refractivity contribution in [3.05, 3.63) is 83.7 Å². The molecule has 0 saturated carbocycles. The lowest BCUT2D eigenvalue weighted by atomic mass is 10.1. The van der Waals surface area contributed by atoms with Crippen LogP contribution in [0.2, 0.25) is 0 Å². The third-order valence-corrected chi connectivity index (χ3v) is 3.12. The molecule has 0 atom stereocenters. The molecule has 0 unspecified atom stereocenters. The predicted molar refractivity (Wildman–Crippen MR) is 82.6 cm³/mol. The van der Waals surface area contributed by atoms with Gasteiger partial charge in [0.1, 0.15) is 0 Å². The lowest BCUT2D eigenvalue weighted by molar-refractivity contribution is 0.589. The highest BCUT2D eigenvalue weighted by Gasteiger charge is 1.98. The summed E-state index contributed by atoms with van der Waals surface area (Å²) in [7, 11) is 0. The maximum absolute atomic E-state index is 4.11. The minimum atomic E-state index is 0.701. The van der Waals surface area contributed by atoms with E-state index in [2.05, 4.69) is 34.3 Å². The molecule has 0 aliphatic carbocycles. The van der Waals surface area contributed by atoms with Crippen molar-refractivity contribution in [1.82, 2.24) is 15.0 Å². The van der Waals surface area contributed by atoms with Crippen LogP contribution in [0.4, 0.5) is 0 Å². The highest BCUT2D eigenvalue weighted by atomic mass is 15.4. The van der Waals surface area contributed by atoms with Crippen LogP contribution in [0.3, 0.4) is 0 Å². The average Bonchev–Trinajstić information content (AvgIpc) is 3.01. The molecule has 3 nitrogen and oxygen atoms in total. The molecule has 3 heteroatoms. The van der Waals surface area contributed by atoms with Gasteiger partial charge in [0.05, 0.1) is 6.20 Å². The second kappa shape index (κ2) is 6.53. The first-order valence-electron chi connectivity index (χ1n) is 6.91. The Hall–Kier alpha value is -2.86. The van der Waals surface area contributed by atoms with Crippen molar-refractivity contribution >= 4 is 0 Å². The van der Waals surface area contributed by atoms with Crippen LogP contribution in [0.1, 0.15) is 16.8 Å². The second-order valence-corrected chi connectivity index (χ2v) is 4.72. The Bertz CT molecular complexity index is 749. The molecule has 3 aromatic rings. The Morgan fingerprint density at radius 2 is 1.57 bits per heavy atom. The molecule has 0 radical (unpaired) electrons. The number of aryl methyl sites for hydroxylation is 2. The van der Waals surface area contributed by atoms with Gasteiger partial charge in [-0.15, -0.1) is 5.10 Å². The van der Waals surface area contributed by atoms with Crippen molar-refractivity contribution < 1.29 is 0 Å². The van der Waals surface area contributed by atoms with E-state index >= 15 is 0 Å². The summed E-state index contributed by atoms with van der Waals surface area (Å²) in [6.45, 7) is 0.810. The van der Waals surface area contributed by atoms with Gasteiger partial charge in [-0.25, -0.2) is 0 Å². The summed E-state index contributed by atoms with van der Waals surface area (Å²) in [6.07, 6.45) is 2.83. The smallest absolute Gasteiger partial charge is 0.155 e. The molecule has 0 amide bonds. The first-order chi connectivity index (χ1) is 10.4. The van der Waals surface area contributed by atoms with E-state index in [1.54, 1.807) is 0 Å². The summed E-state index contributed by atoms with van der Waals surface area (Å²) in [4.78, 5) is 0. The molecule has 0 N–H and O–H groups in total. The van der Waals surface area contributed by atoms with Crippen molar-refractivity contribution in [2.45, 2.75) is 13.0 Å². The van der Waals surface area contributed by atoms with Gasteiger partial charge in [0, 0.05) is 12.1 Å². The van der Waals surface area contributed by atoms with Crippen molar-refractivity contribution in [3.8, 4) is 11.8 Å². The SMILES string of the molecule is C(#Cc1cn(CCc2ccccc2)nn1)c1ccccc1. The highest BCUT2D eigenvalue weighted by Crippen LogP contribution is 2.02. The van der Waals surface area contributed by atoms with E-state index in [1.165, 1.54) is 5.56 Å². The number of hydrogen-bond donors (Lipinski definition) is 0. The maximum Gasteiger partial charge on any atom is 0.155 e. The Morgan fingerprint density at radius 1 is 0.857 bits per heavy atom. The van der Waals surface area contributed by atoms with Gasteiger partial charge < -0.3 is 0 Å². The second-order valence-electron chi connectivity index (χ2n) is 4.72. The van der Waals surface area contributed by atoms with Gasteiger partial charge in [0.15, 0.2) is 5.69 Å². The summed E-state index contributed by atoms with van der Waals surface area (Å²) in [5.74, 6) is 6.12. The fraction of sp³-hybridized carbons (Fsp3) is 0.111. The summed E-state index contributed by atoms with van der Waals surface area (Å²) in [5, 5.41) is 8.19. The lowest BCUT2D eigenvalue weighted by Gasteiger charge is -1.99. The molecule has 2 aromatic carbocycles. The van der Waals surface area contributed by atoms with Gasteiger partial charge in [-0.3, -0.25) is 4.68 Å². The highest BCUT2D eigenvalue weighted by molar-refractivity contribution is 5.38. The molecular weight excluding hydrogens is 258 g/mol. The fourth-order valence-electron chi connectivity index (χ4n) is 2.01. The van der Waals surface area contributed by atoms with Gasteiger partial charge in [0.2, 0.25) is 0 Å². The lowest BCUT2D eigenvalue weighted by Crippen LogP contribution is -2.01. The van der Waals surface area contributed by atoms with Gasteiger partial charge in [-0.2, -0.15) is 0 Å². The first-order valence-corrected chi connectivity index (χ1v) is 6.91. The topological polar surface area (TPSA) is 30.7 Å². The molecule has 0 aliphatic rings. The zero-order chi connectivity index (χ0) is 14.3. The Balaban J connectivity index is 1.63. The third-order valence-electron chi connectivity index (χ3n) is 3.12. The van der Waals surface area contributed by atoms with E-state index in [-0.39, 0.29) is 0 Å². The molecule has 1 heterocycles. The van der Waals surface area contributed by atoms with Gasteiger partial charge >= 0.3 is 0 Å². The normalized spacial score (nSPS) is 9.90. The Kier molecular flexibility index (Phi) is 4.09. The number of hydrogen-bond acceptors (Lipinski definition) is 2. The van der Waals surface area contributed by atoms with E-state index < -0.39 is 0 Å². The molecule has 0 fully saturated rings. The van der Waals surface area contributed by atoms with E-state index in [9.17, 15) is 0 Å². The average molecular weight is 273 g/mol. The van der Waals surface area contributed by atoms with Crippen molar-refractivity contribution in [2.75, 3.05) is 0 Å². The van der Waals surface area contributed by atoms with Gasteiger partial charge in [-0.05, 0) is 30.0 Å². The molecule has 0 aliphatic heterocycles. The molecule has 21 heavy (non-hydrogen) atoms. The molecule has 0 saturated heterocycles. The molecule has 3 rings (SSSR count). The van der Waals surface area contributed by atoms with Crippen molar-refractivity contribution in [2.24, 2.45) is 0 Å². The quantitative estimate of drug-likeness (QED) is 0.687. The minimum Gasteiger partial charge on any atom is -0.251 e. The van der Waals surface area contributed by atoms with Gasteiger partial charge in [0.25, 0.3) is 0 Å². The van der Waals surface area contributed by atoms with Crippen LogP contribution in [0.5, 0.6) is 0 Å². The van der Waals surface area contributed by atoms with E-state index in [0.29, 0.717) is 5.69 Å². The van der Waals surface area contributed by atoms with E-state index in [0.717, 1.165) is 18.5 Å². The summed E-state index contributed by atoms with van der Waals surface area (Å²) in [6, 6.07) is 20.2. The monoisotopic (exact) mass is 273 g/mol. The summed E-state index contributed by atoms with van der Waals surface area (Å²) >= 11 is 0. The third kappa shape index (κ3) is 3.80. The molecule has 102 valence electrons. The van der Waals surface area contributed by atoms with E-state index in [4.69, 9.17) is 0 Å².